The lowest BCUT2D eigenvalue weighted by molar-refractivity contribution is -0.120. The molecule has 2 aromatic rings. The predicted molar refractivity (Wildman–Crippen MR) is 94.3 cm³/mol. The Morgan fingerprint density at radius 1 is 1.12 bits per heavy atom. The van der Waals surface area contributed by atoms with Crippen molar-refractivity contribution in [1.82, 2.24) is 10.6 Å². The minimum Gasteiger partial charge on any atom is -0.493 e. The largest absolute Gasteiger partial charge is 0.493 e. The second kappa shape index (κ2) is 9.72. The van der Waals surface area contributed by atoms with Crippen LogP contribution in [0.2, 0.25) is 0 Å². The molecule has 2 N–H and O–H groups in total. The molecule has 2 aromatic carbocycles. The number of carbonyl (C=O) groups excluding carboxylic acids is 1. The maximum atomic E-state index is 13.2. The maximum Gasteiger partial charge on any atom is 0.234 e. The van der Waals surface area contributed by atoms with Crippen LogP contribution in [0, 0.1) is 11.6 Å². The van der Waals surface area contributed by atoms with E-state index >= 15 is 0 Å². The molecule has 0 aliphatic rings. The van der Waals surface area contributed by atoms with Crippen molar-refractivity contribution >= 4 is 5.91 Å². The first-order chi connectivity index (χ1) is 12.5. The van der Waals surface area contributed by atoms with Crippen molar-refractivity contribution in [3.05, 3.63) is 59.7 Å². The van der Waals surface area contributed by atoms with Crippen molar-refractivity contribution < 1.29 is 23.0 Å². The zero-order chi connectivity index (χ0) is 18.9. The highest BCUT2D eigenvalue weighted by Crippen LogP contribution is 2.25. The van der Waals surface area contributed by atoms with Gasteiger partial charge in [-0.15, -0.1) is 0 Å². The molecule has 5 nitrogen and oxygen atoms in total. The van der Waals surface area contributed by atoms with Gasteiger partial charge >= 0.3 is 0 Å². The van der Waals surface area contributed by atoms with Gasteiger partial charge in [0, 0.05) is 6.04 Å². The fourth-order valence-corrected chi connectivity index (χ4v) is 2.30. The molecule has 0 bridgehead atoms. The van der Waals surface area contributed by atoms with Crippen LogP contribution in [0.1, 0.15) is 18.5 Å². The van der Waals surface area contributed by atoms with Gasteiger partial charge in [0.1, 0.15) is 6.61 Å². The Hall–Kier alpha value is -2.67. The molecule has 0 saturated carbocycles. The second-order valence-electron chi connectivity index (χ2n) is 5.63. The summed E-state index contributed by atoms with van der Waals surface area (Å²) in [6, 6.07) is 10.6. The molecule has 26 heavy (non-hydrogen) atoms. The topological polar surface area (TPSA) is 59.6 Å². The van der Waals surface area contributed by atoms with Crippen LogP contribution in [-0.2, 0) is 4.79 Å². The molecule has 0 fully saturated rings. The molecule has 7 heteroatoms. The highest BCUT2D eigenvalue weighted by molar-refractivity contribution is 5.78. The van der Waals surface area contributed by atoms with Crippen molar-refractivity contribution in [3.63, 3.8) is 0 Å². The fourth-order valence-electron chi connectivity index (χ4n) is 2.30. The first-order valence-electron chi connectivity index (χ1n) is 8.22. The number of halogens is 2. The number of carbonyl (C=O) groups is 1. The second-order valence-corrected chi connectivity index (χ2v) is 5.63. The number of benzene rings is 2. The van der Waals surface area contributed by atoms with Crippen molar-refractivity contribution in [1.29, 1.82) is 0 Å². The van der Waals surface area contributed by atoms with Gasteiger partial charge in [-0.3, -0.25) is 4.79 Å². The normalized spacial score (nSPS) is 11.7. The van der Waals surface area contributed by atoms with Crippen molar-refractivity contribution in [2.24, 2.45) is 0 Å². The summed E-state index contributed by atoms with van der Waals surface area (Å²) in [5, 5.41) is 5.68. The van der Waals surface area contributed by atoms with E-state index in [4.69, 9.17) is 9.47 Å². The van der Waals surface area contributed by atoms with Gasteiger partial charge in [-0.2, -0.15) is 0 Å². The van der Waals surface area contributed by atoms with Gasteiger partial charge < -0.3 is 20.1 Å². The van der Waals surface area contributed by atoms with Crippen LogP contribution in [0.3, 0.4) is 0 Å². The number of hydrogen-bond acceptors (Lipinski definition) is 4. The van der Waals surface area contributed by atoms with E-state index in [1.807, 2.05) is 12.1 Å². The molecule has 140 valence electrons. The molecule has 0 aliphatic carbocycles. The number of amides is 1. The Labute approximate surface area is 151 Å². The fraction of sp³-hybridized carbons (Fsp3) is 0.316. The highest BCUT2D eigenvalue weighted by atomic mass is 19.2. The molecule has 0 unspecified atom stereocenters. The van der Waals surface area contributed by atoms with Crippen molar-refractivity contribution in [2.75, 3.05) is 26.8 Å². The van der Waals surface area contributed by atoms with Gasteiger partial charge in [0.05, 0.1) is 20.2 Å². The van der Waals surface area contributed by atoms with Crippen molar-refractivity contribution in [2.45, 2.75) is 13.0 Å². The van der Waals surface area contributed by atoms with Gasteiger partial charge in [-0.25, -0.2) is 8.78 Å². The Balaban J connectivity index is 1.69. The molecule has 0 saturated heterocycles. The van der Waals surface area contributed by atoms with E-state index < -0.39 is 11.6 Å². The monoisotopic (exact) mass is 364 g/mol. The third kappa shape index (κ3) is 5.70. The predicted octanol–water partition coefficient (Wildman–Crippen LogP) is 2.82. The summed E-state index contributed by atoms with van der Waals surface area (Å²) in [6.07, 6.45) is 0. The summed E-state index contributed by atoms with van der Waals surface area (Å²) >= 11 is 0. The number of ether oxygens (including phenoxy) is 2. The highest BCUT2D eigenvalue weighted by Gasteiger charge is 2.10. The number of rotatable bonds is 9. The molecular formula is C19H22F2N2O3. The number of para-hydroxylation sites is 2. The Morgan fingerprint density at radius 2 is 1.85 bits per heavy atom. The quantitative estimate of drug-likeness (QED) is 0.672. The van der Waals surface area contributed by atoms with E-state index in [9.17, 15) is 13.6 Å². The minimum absolute atomic E-state index is 0.0504. The van der Waals surface area contributed by atoms with Crippen LogP contribution in [0.15, 0.2) is 42.5 Å². The summed E-state index contributed by atoms with van der Waals surface area (Å²) < 4.78 is 36.9. The summed E-state index contributed by atoms with van der Waals surface area (Å²) in [4.78, 5) is 11.8. The first kappa shape index (κ1) is 19.7. The Morgan fingerprint density at radius 3 is 2.54 bits per heavy atom. The minimum atomic E-state index is -0.908. The van der Waals surface area contributed by atoms with Gasteiger partial charge in [-0.05, 0) is 36.8 Å². The number of nitrogens with one attached hydrogen (secondary N) is 2. The van der Waals surface area contributed by atoms with E-state index in [0.717, 1.165) is 12.1 Å². The van der Waals surface area contributed by atoms with Crippen LogP contribution >= 0.6 is 0 Å². The Kier molecular flexibility index (Phi) is 7.35. The molecule has 1 atom stereocenters. The first-order valence-corrected chi connectivity index (χ1v) is 8.22. The summed E-state index contributed by atoms with van der Waals surface area (Å²) in [6.45, 7) is 2.45. The molecular weight excluding hydrogens is 342 g/mol. The zero-order valence-corrected chi connectivity index (χ0v) is 14.7. The third-order valence-electron chi connectivity index (χ3n) is 3.76. The lowest BCUT2D eigenvalue weighted by Gasteiger charge is -2.15. The molecule has 0 heterocycles. The van der Waals surface area contributed by atoms with E-state index in [0.29, 0.717) is 30.2 Å². The van der Waals surface area contributed by atoms with E-state index in [2.05, 4.69) is 10.6 Å². The summed E-state index contributed by atoms with van der Waals surface area (Å²) in [5.41, 5.74) is 0.566. The smallest absolute Gasteiger partial charge is 0.234 e. The van der Waals surface area contributed by atoms with E-state index in [1.165, 1.54) is 6.07 Å². The number of methoxy groups -OCH3 is 1. The molecule has 0 aliphatic heterocycles. The summed E-state index contributed by atoms with van der Waals surface area (Å²) in [5.74, 6) is -0.791. The third-order valence-corrected chi connectivity index (χ3v) is 3.76. The van der Waals surface area contributed by atoms with Gasteiger partial charge in [0.25, 0.3) is 0 Å². The lowest BCUT2D eigenvalue weighted by atomic mass is 10.1. The SMILES string of the molecule is COc1ccccc1OCCNC(=O)CN[C@@H](C)c1ccc(F)c(F)c1. The average molecular weight is 364 g/mol. The van der Waals surface area contributed by atoms with Crippen LogP contribution in [0.25, 0.3) is 0 Å². The lowest BCUT2D eigenvalue weighted by Crippen LogP contribution is -2.37. The maximum absolute atomic E-state index is 13.2. The number of hydrogen-bond donors (Lipinski definition) is 2. The van der Waals surface area contributed by atoms with Gasteiger partial charge in [-0.1, -0.05) is 18.2 Å². The molecule has 0 radical (unpaired) electrons. The van der Waals surface area contributed by atoms with Crippen LogP contribution in [0.5, 0.6) is 11.5 Å². The van der Waals surface area contributed by atoms with Crippen LogP contribution in [-0.4, -0.2) is 32.7 Å². The standard InChI is InChI=1S/C19H22F2N2O3/c1-13(14-7-8-15(20)16(21)11-14)23-12-19(24)22-9-10-26-18-6-4-3-5-17(18)25-2/h3-8,11,13,23H,9-10,12H2,1-2H3,(H,22,24)/t13-/m0/s1. The van der Waals surface area contributed by atoms with Crippen molar-refractivity contribution in [3.8, 4) is 11.5 Å². The van der Waals surface area contributed by atoms with Gasteiger partial charge in [0.2, 0.25) is 5.91 Å². The van der Waals surface area contributed by atoms with E-state index in [1.54, 1.807) is 26.2 Å². The molecule has 0 aromatic heterocycles. The van der Waals surface area contributed by atoms with Crippen LogP contribution in [0.4, 0.5) is 8.78 Å². The summed E-state index contributed by atoms with van der Waals surface area (Å²) in [7, 11) is 1.56. The molecule has 0 spiro atoms. The Bertz CT molecular complexity index is 740. The van der Waals surface area contributed by atoms with E-state index in [-0.39, 0.29) is 18.5 Å². The average Bonchev–Trinajstić information content (AvgIpc) is 2.65. The zero-order valence-electron chi connectivity index (χ0n) is 14.7. The van der Waals surface area contributed by atoms with Crippen LogP contribution < -0.4 is 20.1 Å². The molecule has 1 amide bonds. The molecule has 2 rings (SSSR count). The van der Waals surface area contributed by atoms with Gasteiger partial charge in [0.15, 0.2) is 23.1 Å².